The molecule has 0 bridgehead atoms. The fraction of sp³-hybridized carbons (Fsp3) is 0.909. The SMILES string of the molecule is CCC1NC(C)N(CC(C)CSC)C1=O. The van der Waals surface area contributed by atoms with Crippen LogP contribution in [-0.2, 0) is 4.79 Å². The molecule has 88 valence electrons. The van der Waals surface area contributed by atoms with Crippen molar-refractivity contribution in [3.05, 3.63) is 0 Å². The number of thioether (sulfide) groups is 1. The van der Waals surface area contributed by atoms with Crippen LogP contribution in [0, 0.1) is 5.92 Å². The lowest BCUT2D eigenvalue weighted by molar-refractivity contribution is -0.130. The molecular weight excluding hydrogens is 208 g/mol. The fourth-order valence-corrected chi connectivity index (χ4v) is 2.73. The van der Waals surface area contributed by atoms with Gasteiger partial charge in [0.2, 0.25) is 5.91 Å². The van der Waals surface area contributed by atoms with Gasteiger partial charge in [-0.2, -0.15) is 11.8 Å². The van der Waals surface area contributed by atoms with Gasteiger partial charge in [-0.25, -0.2) is 0 Å². The van der Waals surface area contributed by atoms with Crippen molar-refractivity contribution in [3.63, 3.8) is 0 Å². The van der Waals surface area contributed by atoms with E-state index in [0.29, 0.717) is 5.92 Å². The first-order valence-electron chi connectivity index (χ1n) is 5.65. The molecule has 0 radical (unpaired) electrons. The van der Waals surface area contributed by atoms with Crippen LogP contribution in [0.3, 0.4) is 0 Å². The second-order valence-electron chi connectivity index (χ2n) is 4.35. The van der Waals surface area contributed by atoms with E-state index in [1.807, 2.05) is 16.7 Å². The zero-order chi connectivity index (χ0) is 11.4. The topological polar surface area (TPSA) is 32.3 Å². The lowest BCUT2D eigenvalue weighted by Crippen LogP contribution is -2.38. The summed E-state index contributed by atoms with van der Waals surface area (Å²) < 4.78 is 0. The van der Waals surface area contributed by atoms with Crippen LogP contribution in [0.5, 0.6) is 0 Å². The Morgan fingerprint density at radius 2 is 2.27 bits per heavy atom. The maximum Gasteiger partial charge on any atom is 0.241 e. The number of carbonyl (C=O) groups excluding carboxylic acids is 1. The smallest absolute Gasteiger partial charge is 0.241 e. The number of nitrogens with zero attached hydrogens (tertiary/aromatic N) is 1. The van der Waals surface area contributed by atoms with E-state index in [1.165, 1.54) is 0 Å². The zero-order valence-corrected chi connectivity index (χ0v) is 10.9. The van der Waals surface area contributed by atoms with E-state index < -0.39 is 0 Å². The summed E-state index contributed by atoms with van der Waals surface area (Å²) in [4.78, 5) is 13.9. The van der Waals surface area contributed by atoms with Crippen molar-refractivity contribution in [1.82, 2.24) is 10.2 Å². The molecule has 1 aliphatic rings. The predicted molar refractivity (Wildman–Crippen MR) is 65.9 cm³/mol. The Bertz CT molecular complexity index is 223. The summed E-state index contributed by atoms with van der Waals surface area (Å²) in [7, 11) is 0. The zero-order valence-electron chi connectivity index (χ0n) is 10.1. The number of nitrogens with one attached hydrogen (secondary N) is 1. The van der Waals surface area contributed by atoms with Gasteiger partial charge in [0.05, 0.1) is 12.2 Å². The average molecular weight is 230 g/mol. The molecule has 1 saturated heterocycles. The Morgan fingerprint density at radius 3 is 2.73 bits per heavy atom. The molecule has 15 heavy (non-hydrogen) atoms. The van der Waals surface area contributed by atoms with Gasteiger partial charge >= 0.3 is 0 Å². The summed E-state index contributed by atoms with van der Waals surface area (Å²) in [5, 5.41) is 3.32. The molecule has 0 aromatic carbocycles. The highest BCUT2D eigenvalue weighted by Gasteiger charge is 2.35. The van der Waals surface area contributed by atoms with Crippen LogP contribution in [0.4, 0.5) is 0 Å². The summed E-state index contributed by atoms with van der Waals surface area (Å²) in [6, 6.07) is 0.0430. The summed E-state index contributed by atoms with van der Waals surface area (Å²) in [5.74, 6) is 1.97. The van der Waals surface area contributed by atoms with E-state index in [9.17, 15) is 4.79 Å². The molecule has 3 nitrogen and oxygen atoms in total. The first-order chi connectivity index (χ1) is 7.10. The number of amides is 1. The quantitative estimate of drug-likeness (QED) is 0.777. The van der Waals surface area contributed by atoms with Gasteiger partial charge in [0.1, 0.15) is 0 Å². The van der Waals surface area contributed by atoms with Crippen LogP contribution < -0.4 is 5.32 Å². The normalized spacial score (nSPS) is 28.5. The van der Waals surface area contributed by atoms with Gasteiger partial charge < -0.3 is 4.90 Å². The fourth-order valence-electron chi connectivity index (χ4n) is 2.06. The molecule has 1 fully saturated rings. The third-order valence-electron chi connectivity index (χ3n) is 2.86. The Kier molecular flexibility index (Phi) is 4.93. The van der Waals surface area contributed by atoms with Gasteiger partial charge in [-0.1, -0.05) is 13.8 Å². The number of hydrogen-bond donors (Lipinski definition) is 1. The van der Waals surface area contributed by atoms with Gasteiger partial charge in [0.25, 0.3) is 0 Å². The summed E-state index contributed by atoms with van der Waals surface area (Å²) in [6.45, 7) is 7.20. The first-order valence-corrected chi connectivity index (χ1v) is 7.05. The highest BCUT2D eigenvalue weighted by molar-refractivity contribution is 7.98. The van der Waals surface area contributed by atoms with Gasteiger partial charge in [-0.15, -0.1) is 0 Å². The van der Waals surface area contributed by atoms with E-state index in [4.69, 9.17) is 0 Å². The van der Waals surface area contributed by atoms with Crippen LogP contribution in [0.2, 0.25) is 0 Å². The van der Waals surface area contributed by atoms with E-state index in [1.54, 1.807) is 0 Å². The van der Waals surface area contributed by atoms with Crippen molar-refractivity contribution in [1.29, 1.82) is 0 Å². The molecule has 0 spiro atoms. The van der Waals surface area contributed by atoms with Crippen molar-refractivity contribution >= 4 is 17.7 Å². The average Bonchev–Trinajstić information content (AvgIpc) is 2.45. The molecule has 0 aromatic heterocycles. The van der Waals surface area contributed by atoms with Crippen molar-refractivity contribution in [3.8, 4) is 0 Å². The van der Waals surface area contributed by atoms with Gasteiger partial charge in [0, 0.05) is 6.54 Å². The first kappa shape index (κ1) is 12.8. The van der Waals surface area contributed by atoms with Gasteiger partial charge in [-0.3, -0.25) is 10.1 Å². The van der Waals surface area contributed by atoms with Crippen molar-refractivity contribution in [2.75, 3.05) is 18.6 Å². The number of carbonyl (C=O) groups is 1. The molecular formula is C11H22N2OS. The van der Waals surface area contributed by atoms with Crippen LogP contribution in [0.15, 0.2) is 0 Å². The maximum atomic E-state index is 11.9. The summed E-state index contributed by atoms with van der Waals surface area (Å²) >= 11 is 1.84. The predicted octanol–water partition coefficient (Wildman–Crippen LogP) is 1.54. The van der Waals surface area contributed by atoms with Crippen LogP contribution in [0.25, 0.3) is 0 Å². The van der Waals surface area contributed by atoms with Crippen LogP contribution >= 0.6 is 11.8 Å². The molecule has 0 saturated carbocycles. The van der Waals surface area contributed by atoms with Crippen LogP contribution in [0.1, 0.15) is 27.2 Å². The van der Waals surface area contributed by atoms with Crippen molar-refractivity contribution in [2.45, 2.75) is 39.4 Å². The molecule has 1 N–H and O–H groups in total. The molecule has 4 heteroatoms. The molecule has 1 aliphatic heterocycles. The Balaban J connectivity index is 2.50. The standard InChI is InChI=1S/C11H22N2OS/c1-5-10-11(14)13(9(3)12-10)6-8(2)7-15-4/h8-10,12H,5-7H2,1-4H3. The lowest BCUT2D eigenvalue weighted by atomic mass is 10.2. The maximum absolute atomic E-state index is 11.9. The Hall–Kier alpha value is -0.220. The minimum Gasteiger partial charge on any atom is -0.326 e. The number of hydrogen-bond acceptors (Lipinski definition) is 3. The molecule has 3 unspecified atom stereocenters. The molecule has 1 rings (SSSR count). The van der Waals surface area contributed by atoms with Crippen molar-refractivity contribution < 1.29 is 4.79 Å². The molecule has 1 amide bonds. The molecule has 3 atom stereocenters. The van der Waals surface area contributed by atoms with E-state index in [2.05, 4.69) is 32.3 Å². The van der Waals surface area contributed by atoms with Crippen LogP contribution in [-0.4, -0.2) is 41.6 Å². The monoisotopic (exact) mass is 230 g/mol. The number of rotatable bonds is 5. The molecule has 0 aliphatic carbocycles. The van der Waals surface area contributed by atoms with E-state index in [-0.39, 0.29) is 18.1 Å². The highest BCUT2D eigenvalue weighted by Crippen LogP contribution is 2.16. The van der Waals surface area contributed by atoms with Gasteiger partial charge in [-0.05, 0) is 31.3 Å². The van der Waals surface area contributed by atoms with Crippen molar-refractivity contribution in [2.24, 2.45) is 5.92 Å². The molecule has 0 aromatic rings. The third-order valence-corrected chi connectivity index (χ3v) is 3.76. The summed E-state index contributed by atoms with van der Waals surface area (Å²) in [6.07, 6.45) is 3.20. The van der Waals surface area contributed by atoms with Gasteiger partial charge in [0.15, 0.2) is 0 Å². The Labute approximate surface area is 97.0 Å². The lowest BCUT2D eigenvalue weighted by Gasteiger charge is -2.24. The second-order valence-corrected chi connectivity index (χ2v) is 5.27. The summed E-state index contributed by atoms with van der Waals surface area (Å²) in [5.41, 5.74) is 0. The highest BCUT2D eigenvalue weighted by atomic mass is 32.2. The largest absolute Gasteiger partial charge is 0.326 e. The second kappa shape index (κ2) is 5.75. The van der Waals surface area contributed by atoms with E-state index >= 15 is 0 Å². The molecule has 1 heterocycles. The minimum absolute atomic E-state index is 0.0430. The third kappa shape index (κ3) is 3.11. The Morgan fingerprint density at radius 1 is 1.60 bits per heavy atom. The van der Waals surface area contributed by atoms with E-state index in [0.717, 1.165) is 18.7 Å². The minimum atomic E-state index is 0.0430.